The number of amides is 1. The minimum atomic E-state index is 0. The Balaban J connectivity index is -0.000000136. The van der Waals surface area contributed by atoms with Gasteiger partial charge in [0.2, 0.25) is 5.91 Å². The number of rotatable bonds is 16. The van der Waals surface area contributed by atoms with Gasteiger partial charge in [0.05, 0.1) is 20.5 Å². The zero-order valence-electron chi connectivity index (χ0n) is 76.9. The first-order valence-electron chi connectivity index (χ1n) is 41.6. The van der Waals surface area contributed by atoms with Gasteiger partial charge in [-0.1, -0.05) is 311 Å². The van der Waals surface area contributed by atoms with Crippen molar-refractivity contribution < 1.29 is 34.1 Å². The van der Waals surface area contributed by atoms with Crippen LogP contribution in [0.2, 0.25) is 10.0 Å². The van der Waals surface area contributed by atoms with Gasteiger partial charge in [0.1, 0.15) is 17.3 Å². The number of aryl methyl sites for hydroxylation is 6. The Hall–Kier alpha value is -8.54. The molecule has 7 aromatic carbocycles. The molecular weight excluding hydrogens is 1560 g/mol. The van der Waals surface area contributed by atoms with Crippen molar-refractivity contribution in [1.29, 1.82) is 0 Å². The van der Waals surface area contributed by atoms with Crippen LogP contribution in [0.3, 0.4) is 0 Å². The van der Waals surface area contributed by atoms with Crippen LogP contribution in [0.25, 0.3) is 16.8 Å². The molecule has 0 unspecified atom stereocenters. The molecule has 6 N–H and O–H groups in total. The van der Waals surface area contributed by atoms with E-state index in [-0.39, 0.29) is 34.8 Å². The maximum atomic E-state index is 9.93. The number of likely N-dealkylation sites (tertiary alicyclic amines) is 1. The standard InChI is InChI=1S/C11H10O.C9H12O.C8H9Cl.C8H10.C8H8.C7H7Cl.2C7H9N.C7H14.C6H13N.C5H13N.C4H9NO.C3H7NO.C3H8O.C3H6.C2H6O.C2H4O.C2H6S.3CH4/c1-12-11-7-6-9-4-2-3-5-10(9)8-11;1-3-8-4-6-9(10-2)7-5-8;1-2-7-4-3-5-8(9)6-7;2*1-2-8-6-4-3-5-7-8;1-6-3-2-4-7(8)5-6;1-2-7-4-3-5-8-6-7;1-2-7-5-3-4-6-8-7;2*1-2-7-5-3-4-6-7;1-3-5-6-4-2;1-3-5-4(2)6;1-3(2)5-4;1-3-4-2;1-3-2;2*1-2-3;1-3-2;;;/h2-8H,1H3;4-7H,3H2,1-2H3;3-6H,2H2,1H3;3-7H,2H2,1H3;2-7H,1H2;2-5H,1H3;2*3-6H,2H2,1H3;7H,2-6H2,1H3;2-6H2,1H3;6H,3-5H2,1-2H3;3H2,1-2H3,(H,5,6);1,4H2,2H3;3H2,1-2H3;3H,1H2,2H3;3H,2H2,1H3;2-3H,1H2;1-2H3;3*1H4. The average molecular weight is 1730 g/mol. The summed E-state index contributed by atoms with van der Waals surface area (Å²) in [7, 11) is 5.05. The molecular formula is C105H172Cl2N6O7S. The van der Waals surface area contributed by atoms with Crippen molar-refractivity contribution in [3.63, 3.8) is 0 Å². The third-order valence-corrected chi connectivity index (χ3v) is 16.1. The molecule has 121 heavy (non-hydrogen) atoms. The van der Waals surface area contributed by atoms with Gasteiger partial charge >= 0.3 is 0 Å². The van der Waals surface area contributed by atoms with Gasteiger partial charge in [0.25, 0.3) is 0 Å². The molecule has 13 nitrogen and oxygen atoms in total. The van der Waals surface area contributed by atoms with Crippen molar-refractivity contribution in [2.24, 2.45) is 11.8 Å². The summed E-state index contributed by atoms with van der Waals surface area (Å²) in [6, 6.07) is 68.6. The first-order chi connectivity index (χ1) is 57.0. The van der Waals surface area contributed by atoms with Gasteiger partial charge in [0, 0.05) is 68.1 Å². The van der Waals surface area contributed by atoms with E-state index in [4.69, 9.17) is 42.9 Å². The SMILES string of the molecule is C.C.C.C=C(C)ON.C=CC.C=CO.C=Cc1ccccc1.CCC1CCCC1.CCCNCC.CCN1CCCC1.CCNC(C)=O.CCO.CCOC.CCc1ccc(OC)cc1.CCc1cccc(Cl)c1.CCc1ccccc1.CCc1ccccn1.CCc1cccnc1.COc1ccc2ccccc2c1.CSC.Cc1cccc(Cl)c1. The number of aliphatic hydroxyl groups excluding tert-OH is 2. The molecule has 0 spiro atoms. The minimum absolute atomic E-state index is 0. The van der Waals surface area contributed by atoms with E-state index in [9.17, 15) is 4.79 Å². The van der Waals surface area contributed by atoms with E-state index in [1.54, 1.807) is 59.2 Å². The van der Waals surface area contributed by atoms with Crippen LogP contribution in [0.1, 0.15) is 217 Å². The number of thioether (sulfide) groups is 1. The van der Waals surface area contributed by atoms with Crippen LogP contribution in [0.4, 0.5) is 0 Å². The Morgan fingerprint density at radius 3 is 1.31 bits per heavy atom. The number of methoxy groups -OCH3 is 3. The van der Waals surface area contributed by atoms with E-state index in [0.29, 0.717) is 5.76 Å². The van der Waals surface area contributed by atoms with Crippen LogP contribution >= 0.6 is 35.0 Å². The molecule has 0 atom stereocenters. The number of carbonyl (C=O) groups excluding carboxylic acids is 1. The number of carbonyl (C=O) groups is 1. The van der Waals surface area contributed by atoms with Gasteiger partial charge in [-0.2, -0.15) is 17.7 Å². The Morgan fingerprint density at radius 1 is 0.579 bits per heavy atom. The molecule has 1 aliphatic heterocycles. The zero-order valence-corrected chi connectivity index (χ0v) is 79.2. The first kappa shape index (κ1) is 133. The van der Waals surface area contributed by atoms with Gasteiger partial charge in [-0.25, -0.2) is 0 Å². The van der Waals surface area contributed by atoms with Crippen LogP contribution in [0, 0.1) is 12.8 Å². The molecule has 1 saturated heterocycles. The Kier molecular flexibility index (Phi) is 118. The summed E-state index contributed by atoms with van der Waals surface area (Å²) in [6.07, 6.45) is 30.8. The van der Waals surface area contributed by atoms with Gasteiger partial charge in [0.15, 0.2) is 0 Å². The van der Waals surface area contributed by atoms with Crippen LogP contribution in [0.5, 0.6) is 11.5 Å². The van der Waals surface area contributed by atoms with Gasteiger partial charge in [-0.3, -0.25) is 14.8 Å². The minimum Gasteiger partial charge on any atom is -0.516 e. The summed E-state index contributed by atoms with van der Waals surface area (Å²) >= 11 is 13.1. The number of aromatic nitrogens is 2. The highest BCUT2D eigenvalue weighted by Gasteiger charge is 2.11. The molecule has 1 aliphatic carbocycles. The summed E-state index contributed by atoms with van der Waals surface area (Å²) in [6.45, 7) is 53.3. The van der Waals surface area contributed by atoms with E-state index in [2.05, 4.69) is 196 Å². The van der Waals surface area contributed by atoms with Gasteiger partial charge < -0.3 is 44.8 Å². The molecule has 2 fully saturated rings. The molecule has 2 aliphatic rings. The molecule has 1 amide bonds. The summed E-state index contributed by atoms with van der Waals surface area (Å²) in [4.78, 5) is 24.5. The second-order valence-corrected chi connectivity index (χ2v) is 27.1. The fourth-order valence-corrected chi connectivity index (χ4v) is 9.61. The monoisotopic (exact) mass is 1730 g/mol. The first-order valence-corrected chi connectivity index (χ1v) is 44.0. The topological polar surface area (TPSA) is 174 Å². The predicted molar refractivity (Wildman–Crippen MR) is 545 cm³/mol. The second kappa shape index (κ2) is 108. The number of hydrogen-bond acceptors (Lipinski definition) is 13. The Bertz CT molecular complexity index is 3370. The Labute approximate surface area is 756 Å². The highest BCUT2D eigenvalue weighted by molar-refractivity contribution is 7.97. The van der Waals surface area contributed by atoms with Crippen LogP contribution < -0.4 is 26.0 Å². The number of allylic oxidation sites excluding steroid dienone is 2. The van der Waals surface area contributed by atoms with Crippen molar-refractivity contribution in [2.45, 2.75) is 217 Å². The summed E-state index contributed by atoms with van der Waals surface area (Å²) in [5.41, 5.74) is 8.89. The molecule has 9 aromatic rings. The quantitative estimate of drug-likeness (QED) is 0.0268. The van der Waals surface area contributed by atoms with Crippen LogP contribution in [-0.2, 0) is 46.5 Å². The number of aliphatic hydroxyl groups is 2. The summed E-state index contributed by atoms with van der Waals surface area (Å²) in [5, 5.41) is 24.8. The highest BCUT2D eigenvalue weighted by Crippen LogP contribution is 2.27. The molecule has 684 valence electrons. The van der Waals surface area contributed by atoms with Crippen molar-refractivity contribution in [1.82, 2.24) is 25.5 Å². The van der Waals surface area contributed by atoms with Crippen LogP contribution in [0.15, 0.2) is 269 Å². The predicted octanol–water partition coefficient (Wildman–Crippen LogP) is 29.2. The number of fused-ring (bicyclic) bond motifs is 1. The number of halogens is 2. The molecule has 1 saturated carbocycles. The number of nitrogens with zero attached hydrogens (tertiary/aromatic N) is 3. The molecule has 2 aromatic heterocycles. The third kappa shape index (κ3) is 98.5. The normalized spacial score (nSPS) is 10.1. The lowest BCUT2D eigenvalue weighted by Gasteiger charge is -2.08. The molecule has 16 heteroatoms. The highest BCUT2D eigenvalue weighted by atomic mass is 35.5. The Morgan fingerprint density at radius 2 is 1.02 bits per heavy atom. The van der Waals surface area contributed by atoms with E-state index < -0.39 is 0 Å². The lowest BCUT2D eigenvalue weighted by molar-refractivity contribution is -0.118. The molecule has 3 heterocycles. The number of nitrogens with one attached hydrogen (secondary N) is 2. The maximum absolute atomic E-state index is 9.93. The largest absolute Gasteiger partial charge is 0.516 e. The van der Waals surface area contributed by atoms with Gasteiger partial charge in [-0.05, 0) is 255 Å². The molecule has 11 rings (SSSR count). The van der Waals surface area contributed by atoms with Crippen molar-refractivity contribution >= 4 is 57.7 Å². The second-order valence-electron chi connectivity index (χ2n) is 25.4. The van der Waals surface area contributed by atoms with E-state index in [0.717, 1.165) is 97.8 Å². The smallest absolute Gasteiger partial charge is 0.216 e. The van der Waals surface area contributed by atoms with Crippen molar-refractivity contribution in [3.8, 4) is 11.5 Å². The number of benzene rings is 7. The number of pyridine rings is 2. The number of ether oxygens (including phenoxy) is 3. The fourth-order valence-electron chi connectivity index (χ4n) is 9.16. The van der Waals surface area contributed by atoms with E-state index in [1.165, 1.54) is 122 Å². The van der Waals surface area contributed by atoms with Gasteiger partial charge in [-0.15, -0.1) is 6.58 Å². The summed E-state index contributed by atoms with van der Waals surface area (Å²) < 4.78 is 14.7. The average Bonchev–Trinajstić information content (AvgIpc) is 1.22. The van der Waals surface area contributed by atoms with E-state index >= 15 is 0 Å². The maximum Gasteiger partial charge on any atom is 0.216 e. The summed E-state index contributed by atoms with van der Waals surface area (Å²) in [5.74, 6) is 8.08. The van der Waals surface area contributed by atoms with Crippen LogP contribution in [-0.4, -0.2) is 117 Å². The van der Waals surface area contributed by atoms with Crippen molar-refractivity contribution in [3.05, 3.63) is 318 Å². The van der Waals surface area contributed by atoms with E-state index in [1.807, 2.05) is 198 Å². The fraction of sp³-hybridized carbons (Fsp3) is 0.438. The molecule has 0 bridgehead atoms. The zero-order chi connectivity index (χ0) is 90.3. The lowest BCUT2D eigenvalue weighted by atomic mass is 10.1. The van der Waals surface area contributed by atoms with Crippen molar-refractivity contribution in [2.75, 3.05) is 86.3 Å². The lowest BCUT2D eigenvalue weighted by Crippen LogP contribution is -2.18. The number of nitrogens with two attached hydrogens (primary N) is 1. The number of hydrogen-bond donors (Lipinski definition) is 5. The molecule has 0 radical (unpaired) electrons. The third-order valence-electron chi connectivity index (χ3n) is 15.6.